The Kier molecular flexibility index (Phi) is 64.6. The predicted octanol–water partition coefficient (Wildman–Crippen LogP) is 21.6. The van der Waals surface area contributed by atoms with Crippen LogP contribution in [0.25, 0.3) is 0 Å². The second-order valence-corrected chi connectivity index (χ2v) is 30.5. The average Bonchev–Trinajstić information content (AvgIpc) is 1.74. The van der Waals surface area contributed by atoms with Gasteiger partial charge in [0, 0.05) is 25.7 Å². The predicted molar refractivity (Wildman–Crippen MR) is 377 cm³/mol. The minimum absolute atomic E-state index is 0.106. The number of phosphoric acid groups is 2. The lowest BCUT2D eigenvalue weighted by Gasteiger charge is -2.21. The highest BCUT2D eigenvalue weighted by molar-refractivity contribution is 7.47. The van der Waals surface area contributed by atoms with E-state index in [2.05, 4.69) is 41.5 Å². The number of rotatable bonds is 73. The lowest BCUT2D eigenvalue weighted by atomic mass is 10.0. The number of carbonyl (C=O) groups excluding carboxylic acids is 4. The third kappa shape index (κ3) is 68.4. The summed E-state index contributed by atoms with van der Waals surface area (Å²) in [6, 6.07) is 0. The molecule has 0 fully saturated rings. The van der Waals surface area contributed by atoms with Crippen molar-refractivity contribution in [3.8, 4) is 0 Å². The molecule has 0 rings (SSSR count). The van der Waals surface area contributed by atoms with Gasteiger partial charge in [-0.3, -0.25) is 37.3 Å². The molecule has 0 bridgehead atoms. The molecule has 0 saturated carbocycles. The van der Waals surface area contributed by atoms with Gasteiger partial charge in [-0.25, -0.2) is 9.13 Å². The van der Waals surface area contributed by atoms with Crippen molar-refractivity contribution in [3.63, 3.8) is 0 Å². The van der Waals surface area contributed by atoms with Gasteiger partial charge in [0.1, 0.15) is 19.3 Å². The van der Waals surface area contributed by atoms with Gasteiger partial charge in [0.25, 0.3) is 0 Å². The Morgan fingerprint density at radius 2 is 0.495 bits per heavy atom. The van der Waals surface area contributed by atoms with Crippen LogP contribution in [-0.4, -0.2) is 96.7 Å². The van der Waals surface area contributed by atoms with E-state index in [1.807, 2.05) is 0 Å². The molecule has 0 radical (unpaired) electrons. The van der Waals surface area contributed by atoms with Crippen LogP contribution in [0.5, 0.6) is 0 Å². The van der Waals surface area contributed by atoms with Crippen molar-refractivity contribution < 1.29 is 80.2 Å². The average molecular weight is 1370 g/mol. The van der Waals surface area contributed by atoms with Gasteiger partial charge in [0.05, 0.1) is 26.4 Å². The van der Waals surface area contributed by atoms with Crippen molar-refractivity contribution in [2.45, 2.75) is 400 Å². The van der Waals surface area contributed by atoms with Crippen molar-refractivity contribution in [2.75, 3.05) is 39.6 Å². The van der Waals surface area contributed by atoms with Crippen LogP contribution < -0.4 is 0 Å². The molecule has 17 nitrogen and oxygen atoms in total. The Morgan fingerprint density at radius 1 is 0.290 bits per heavy atom. The Morgan fingerprint density at radius 3 is 0.731 bits per heavy atom. The van der Waals surface area contributed by atoms with Gasteiger partial charge in [0.2, 0.25) is 0 Å². The first-order chi connectivity index (χ1) is 44.9. The summed E-state index contributed by atoms with van der Waals surface area (Å²) in [6.07, 6.45) is 52.9. The number of phosphoric ester groups is 2. The molecule has 93 heavy (non-hydrogen) atoms. The number of carbonyl (C=O) groups is 4. The molecule has 0 aliphatic carbocycles. The molecule has 0 amide bonds. The second-order valence-electron chi connectivity index (χ2n) is 27.6. The molecule has 0 heterocycles. The van der Waals surface area contributed by atoms with E-state index in [1.165, 1.54) is 193 Å². The molecule has 0 saturated heterocycles. The lowest BCUT2D eigenvalue weighted by molar-refractivity contribution is -0.161. The molecule has 5 atom stereocenters. The van der Waals surface area contributed by atoms with Gasteiger partial charge < -0.3 is 33.8 Å². The number of hydrogen-bond acceptors (Lipinski definition) is 15. The standard InChI is InChI=1S/C74H144O17P2/c1-7-9-11-13-15-17-19-20-21-22-23-24-25-26-30-35-39-47-53-59-74(79)90-69(62-84-71(76)56-50-44-37-33-31-27-29-32-36-42-48-54-66(3)4)64-88-92(80,81)86-60-68(75)61-87-93(82,83)89-65-70(63-85-72(77)57-51-45-41-40-43-49-55-67(5)6)91-73(78)58-52-46-38-34-28-18-16-14-12-10-8-2/h66-70,75H,7-65H2,1-6H3,(H,80,81)(H,82,83)/t68-,69-,70-/m1/s1. The first-order valence-corrected chi connectivity index (χ1v) is 41.5. The van der Waals surface area contributed by atoms with Crippen molar-refractivity contribution in [2.24, 2.45) is 11.8 Å². The molecular formula is C74H144O17P2. The van der Waals surface area contributed by atoms with E-state index in [0.29, 0.717) is 31.6 Å². The van der Waals surface area contributed by atoms with Crippen molar-refractivity contribution in [1.82, 2.24) is 0 Å². The summed E-state index contributed by atoms with van der Waals surface area (Å²) >= 11 is 0. The Labute approximate surface area is 568 Å². The number of aliphatic hydroxyl groups is 1. The number of hydrogen-bond donors (Lipinski definition) is 3. The van der Waals surface area contributed by atoms with E-state index >= 15 is 0 Å². The Bertz CT molecular complexity index is 1800. The zero-order chi connectivity index (χ0) is 68.6. The van der Waals surface area contributed by atoms with Crippen molar-refractivity contribution >= 4 is 39.5 Å². The Hall–Kier alpha value is -1.94. The molecule has 0 aromatic rings. The van der Waals surface area contributed by atoms with Crippen LogP contribution in [0, 0.1) is 11.8 Å². The number of esters is 4. The molecular weight excluding hydrogens is 1220 g/mol. The summed E-state index contributed by atoms with van der Waals surface area (Å²) in [6.45, 7) is 9.50. The van der Waals surface area contributed by atoms with Gasteiger partial charge in [-0.1, -0.05) is 330 Å². The van der Waals surface area contributed by atoms with Crippen LogP contribution in [0.4, 0.5) is 0 Å². The minimum atomic E-state index is -4.96. The molecule has 3 N–H and O–H groups in total. The highest BCUT2D eigenvalue weighted by atomic mass is 31.2. The van der Waals surface area contributed by atoms with E-state index < -0.39 is 97.5 Å². The second kappa shape index (κ2) is 66.0. The maximum atomic E-state index is 13.1. The summed E-state index contributed by atoms with van der Waals surface area (Å²) in [5.41, 5.74) is 0. The van der Waals surface area contributed by atoms with Crippen LogP contribution in [0.3, 0.4) is 0 Å². The first-order valence-electron chi connectivity index (χ1n) is 38.5. The first kappa shape index (κ1) is 91.1. The normalized spacial score (nSPS) is 14.1. The largest absolute Gasteiger partial charge is 0.472 e. The molecule has 0 aromatic carbocycles. The third-order valence-corrected chi connectivity index (χ3v) is 19.1. The number of unbranched alkanes of at least 4 members (excludes halogenated alkanes) is 43. The highest BCUT2D eigenvalue weighted by Crippen LogP contribution is 2.45. The van der Waals surface area contributed by atoms with E-state index in [4.69, 9.17) is 37.0 Å². The Balaban J connectivity index is 5.21. The molecule has 0 aliphatic heterocycles. The number of ether oxygens (including phenoxy) is 4. The van der Waals surface area contributed by atoms with E-state index in [0.717, 1.165) is 102 Å². The van der Waals surface area contributed by atoms with Crippen LogP contribution >= 0.6 is 15.6 Å². The van der Waals surface area contributed by atoms with E-state index in [9.17, 15) is 43.2 Å². The van der Waals surface area contributed by atoms with Crippen molar-refractivity contribution in [3.05, 3.63) is 0 Å². The third-order valence-electron chi connectivity index (χ3n) is 17.2. The van der Waals surface area contributed by atoms with Gasteiger partial charge in [-0.05, 0) is 37.5 Å². The molecule has 552 valence electrons. The van der Waals surface area contributed by atoms with Crippen LogP contribution in [0.15, 0.2) is 0 Å². The maximum absolute atomic E-state index is 13.1. The van der Waals surface area contributed by atoms with Crippen LogP contribution in [0.2, 0.25) is 0 Å². The molecule has 0 spiro atoms. The number of aliphatic hydroxyl groups excluding tert-OH is 1. The summed E-state index contributed by atoms with van der Waals surface area (Å²) in [5.74, 6) is -0.669. The quantitative estimate of drug-likeness (QED) is 0.0222. The fraction of sp³-hybridized carbons (Fsp3) is 0.946. The minimum Gasteiger partial charge on any atom is -0.462 e. The topological polar surface area (TPSA) is 237 Å². The highest BCUT2D eigenvalue weighted by Gasteiger charge is 2.30. The van der Waals surface area contributed by atoms with Crippen LogP contribution in [-0.2, 0) is 65.4 Å². The smallest absolute Gasteiger partial charge is 0.462 e. The van der Waals surface area contributed by atoms with Gasteiger partial charge in [-0.15, -0.1) is 0 Å². The summed E-state index contributed by atoms with van der Waals surface area (Å²) < 4.78 is 68.4. The lowest BCUT2D eigenvalue weighted by Crippen LogP contribution is -2.30. The fourth-order valence-corrected chi connectivity index (χ4v) is 12.9. The van der Waals surface area contributed by atoms with Crippen molar-refractivity contribution in [1.29, 1.82) is 0 Å². The molecule has 2 unspecified atom stereocenters. The molecule has 0 aromatic heterocycles. The van der Waals surface area contributed by atoms with Gasteiger partial charge in [-0.2, -0.15) is 0 Å². The zero-order valence-electron chi connectivity index (χ0n) is 60.6. The maximum Gasteiger partial charge on any atom is 0.472 e. The monoisotopic (exact) mass is 1370 g/mol. The van der Waals surface area contributed by atoms with E-state index in [-0.39, 0.29) is 25.7 Å². The van der Waals surface area contributed by atoms with Crippen LogP contribution in [0.1, 0.15) is 382 Å². The molecule has 19 heteroatoms. The summed E-state index contributed by atoms with van der Waals surface area (Å²) in [4.78, 5) is 72.6. The van der Waals surface area contributed by atoms with Gasteiger partial charge >= 0.3 is 39.5 Å². The summed E-state index contributed by atoms with van der Waals surface area (Å²) in [7, 11) is -9.90. The summed E-state index contributed by atoms with van der Waals surface area (Å²) in [5, 5.41) is 10.6. The fourth-order valence-electron chi connectivity index (χ4n) is 11.3. The zero-order valence-corrected chi connectivity index (χ0v) is 62.3. The molecule has 0 aliphatic rings. The van der Waals surface area contributed by atoms with E-state index in [1.54, 1.807) is 0 Å². The van der Waals surface area contributed by atoms with Gasteiger partial charge in [0.15, 0.2) is 12.2 Å². The SMILES string of the molecule is CCCCCCCCCCCCCCCCCCCCCC(=O)O[C@H](COC(=O)CCCCCCCCCCCCCC(C)C)COP(=O)(O)OC[C@@H](O)COP(=O)(O)OC[C@@H](COC(=O)CCCCCCCCC(C)C)OC(=O)CCCCCCCCCCCCC.